The lowest BCUT2D eigenvalue weighted by atomic mass is 9.99. The van der Waals surface area contributed by atoms with E-state index >= 15 is 0 Å². The standard InChI is InChI=1S/C15H24F2N2/c1-2-3-4-5-6-7-11-14(19-18)15-12(16)9-8-10-13(15)17/h8-10,14,19H,2-7,11,18H2,1H3. The second kappa shape index (κ2) is 8.99. The van der Waals surface area contributed by atoms with E-state index in [0.29, 0.717) is 6.42 Å². The van der Waals surface area contributed by atoms with Crippen molar-refractivity contribution in [3.63, 3.8) is 0 Å². The summed E-state index contributed by atoms with van der Waals surface area (Å²) in [4.78, 5) is 0. The van der Waals surface area contributed by atoms with Crippen LogP contribution >= 0.6 is 0 Å². The molecule has 0 heterocycles. The number of hydrazine groups is 1. The molecule has 4 heteroatoms. The minimum Gasteiger partial charge on any atom is -0.271 e. The van der Waals surface area contributed by atoms with E-state index in [1.165, 1.54) is 43.9 Å². The molecule has 0 fully saturated rings. The van der Waals surface area contributed by atoms with Gasteiger partial charge in [-0.3, -0.25) is 11.3 Å². The van der Waals surface area contributed by atoms with Crippen LogP contribution in [0, 0.1) is 11.6 Å². The summed E-state index contributed by atoms with van der Waals surface area (Å²) in [7, 11) is 0. The minimum absolute atomic E-state index is 0.0542. The molecule has 1 rings (SSSR count). The SMILES string of the molecule is CCCCCCCCC(NN)c1c(F)cccc1F. The van der Waals surface area contributed by atoms with E-state index in [1.54, 1.807) is 0 Å². The molecule has 0 saturated carbocycles. The van der Waals surface area contributed by atoms with Crippen LogP contribution in [-0.4, -0.2) is 0 Å². The number of hydrogen-bond acceptors (Lipinski definition) is 2. The largest absolute Gasteiger partial charge is 0.271 e. The van der Waals surface area contributed by atoms with Gasteiger partial charge >= 0.3 is 0 Å². The van der Waals surface area contributed by atoms with Gasteiger partial charge in [0.1, 0.15) is 11.6 Å². The highest BCUT2D eigenvalue weighted by Crippen LogP contribution is 2.24. The van der Waals surface area contributed by atoms with Crippen LogP contribution in [0.15, 0.2) is 18.2 Å². The second-order valence-corrected chi connectivity index (χ2v) is 4.91. The fourth-order valence-corrected chi connectivity index (χ4v) is 2.28. The van der Waals surface area contributed by atoms with Crippen LogP contribution in [0.1, 0.15) is 63.5 Å². The Kier molecular flexibility index (Phi) is 7.60. The highest BCUT2D eigenvalue weighted by molar-refractivity contribution is 5.23. The molecule has 1 aromatic carbocycles. The zero-order valence-corrected chi connectivity index (χ0v) is 11.6. The van der Waals surface area contributed by atoms with Gasteiger partial charge in [0.2, 0.25) is 0 Å². The number of rotatable bonds is 9. The second-order valence-electron chi connectivity index (χ2n) is 4.91. The molecule has 0 aliphatic heterocycles. The van der Waals surface area contributed by atoms with Gasteiger partial charge in [-0.05, 0) is 18.6 Å². The van der Waals surface area contributed by atoms with Crippen LogP contribution in [-0.2, 0) is 0 Å². The van der Waals surface area contributed by atoms with Crippen LogP contribution in [0.5, 0.6) is 0 Å². The van der Waals surface area contributed by atoms with E-state index in [1.807, 2.05) is 0 Å². The minimum atomic E-state index is -0.533. The van der Waals surface area contributed by atoms with E-state index < -0.39 is 17.7 Å². The van der Waals surface area contributed by atoms with Crippen LogP contribution in [0.3, 0.4) is 0 Å². The fourth-order valence-electron chi connectivity index (χ4n) is 2.28. The Hall–Kier alpha value is -1.00. The van der Waals surface area contributed by atoms with Gasteiger partial charge in [0.25, 0.3) is 0 Å². The first-order chi connectivity index (χ1) is 9.20. The molecule has 2 nitrogen and oxygen atoms in total. The molecule has 1 atom stereocenters. The zero-order valence-electron chi connectivity index (χ0n) is 11.6. The summed E-state index contributed by atoms with van der Waals surface area (Å²) in [5, 5.41) is 0. The molecule has 1 unspecified atom stereocenters. The van der Waals surface area contributed by atoms with Crippen molar-refractivity contribution < 1.29 is 8.78 Å². The normalized spacial score (nSPS) is 12.6. The summed E-state index contributed by atoms with van der Waals surface area (Å²) < 4.78 is 27.3. The molecule has 0 spiro atoms. The number of hydrogen-bond donors (Lipinski definition) is 2. The van der Waals surface area contributed by atoms with Gasteiger partial charge < -0.3 is 0 Å². The van der Waals surface area contributed by atoms with Crippen LogP contribution in [0.2, 0.25) is 0 Å². The Balaban J connectivity index is 2.45. The molecular formula is C15H24F2N2. The van der Waals surface area contributed by atoms with Crippen molar-refractivity contribution in [2.75, 3.05) is 0 Å². The molecule has 19 heavy (non-hydrogen) atoms. The van der Waals surface area contributed by atoms with Gasteiger partial charge in [-0.2, -0.15) is 0 Å². The average Bonchev–Trinajstić information content (AvgIpc) is 2.40. The Bertz CT molecular complexity index is 349. The van der Waals surface area contributed by atoms with Crippen molar-refractivity contribution in [2.45, 2.75) is 57.9 Å². The molecule has 0 amide bonds. The van der Waals surface area contributed by atoms with Gasteiger partial charge in [0.15, 0.2) is 0 Å². The van der Waals surface area contributed by atoms with Crippen molar-refractivity contribution in [3.05, 3.63) is 35.4 Å². The summed E-state index contributed by atoms with van der Waals surface area (Å²) in [6.07, 6.45) is 7.52. The van der Waals surface area contributed by atoms with E-state index in [0.717, 1.165) is 12.8 Å². The molecule has 1 aromatic rings. The third-order valence-corrected chi connectivity index (χ3v) is 3.40. The monoisotopic (exact) mass is 270 g/mol. The van der Waals surface area contributed by atoms with Crippen molar-refractivity contribution in [1.82, 2.24) is 5.43 Å². The predicted molar refractivity (Wildman–Crippen MR) is 74.4 cm³/mol. The van der Waals surface area contributed by atoms with Crippen molar-refractivity contribution in [1.29, 1.82) is 0 Å². The van der Waals surface area contributed by atoms with Crippen molar-refractivity contribution >= 4 is 0 Å². The smallest absolute Gasteiger partial charge is 0.130 e. The van der Waals surface area contributed by atoms with Gasteiger partial charge in [0.05, 0.1) is 6.04 Å². The lowest BCUT2D eigenvalue weighted by Crippen LogP contribution is -2.29. The fraction of sp³-hybridized carbons (Fsp3) is 0.600. The van der Waals surface area contributed by atoms with Crippen LogP contribution in [0.4, 0.5) is 8.78 Å². The third kappa shape index (κ3) is 5.25. The van der Waals surface area contributed by atoms with Crippen LogP contribution < -0.4 is 11.3 Å². The Morgan fingerprint density at radius 3 is 2.21 bits per heavy atom. The Labute approximate surface area is 114 Å². The number of nitrogens with two attached hydrogens (primary N) is 1. The maximum Gasteiger partial charge on any atom is 0.130 e. The van der Waals surface area contributed by atoms with E-state index in [4.69, 9.17) is 5.84 Å². The molecule has 0 aliphatic carbocycles. The summed E-state index contributed by atoms with van der Waals surface area (Å²) in [5.74, 6) is 4.35. The van der Waals surface area contributed by atoms with Gasteiger partial charge in [0, 0.05) is 5.56 Å². The first-order valence-corrected chi connectivity index (χ1v) is 7.10. The van der Waals surface area contributed by atoms with Gasteiger partial charge in [-0.15, -0.1) is 0 Å². The quantitative estimate of drug-likeness (QED) is 0.400. The lowest BCUT2D eigenvalue weighted by Gasteiger charge is -2.17. The Morgan fingerprint density at radius 1 is 1.05 bits per heavy atom. The first kappa shape index (κ1) is 16.1. The first-order valence-electron chi connectivity index (χ1n) is 7.10. The van der Waals surface area contributed by atoms with Gasteiger partial charge in [-0.1, -0.05) is 51.5 Å². The molecule has 0 aromatic heterocycles. The number of unbranched alkanes of at least 4 members (excludes halogenated alkanes) is 5. The highest BCUT2D eigenvalue weighted by Gasteiger charge is 2.18. The average molecular weight is 270 g/mol. The lowest BCUT2D eigenvalue weighted by molar-refractivity contribution is 0.434. The van der Waals surface area contributed by atoms with Crippen molar-refractivity contribution in [2.24, 2.45) is 5.84 Å². The molecular weight excluding hydrogens is 246 g/mol. The highest BCUT2D eigenvalue weighted by atomic mass is 19.1. The molecule has 0 bridgehead atoms. The zero-order chi connectivity index (χ0) is 14.1. The number of halogens is 2. The summed E-state index contributed by atoms with van der Waals surface area (Å²) in [6.45, 7) is 2.18. The van der Waals surface area contributed by atoms with Crippen molar-refractivity contribution in [3.8, 4) is 0 Å². The molecule has 0 radical (unpaired) electrons. The third-order valence-electron chi connectivity index (χ3n) is 3.40. The topological polar surface area (TPSA) is 38.0 Å². The summed E-state index contributed by atoms with van der Waals surface area (Å²) in [5.41, 5.74) is 2.58. The van der Waals surface area contributed by atoms with Gasteiger partial charge in [-0.25, -0.2) is 8.78 Å². The maximum absolute atomic E-state index is 13.6. The molecule has 0 saturated heterocycles. The van der Waals surface area contributed by atoms with E-state index in [2.05, 4.69) is 12.3 Å². The predicted octanol–water partition coefficient (Wildman–Crippen LogP) is 4.22. The summed E-state index contributed by atoms with van der Waals surface area (Å²) in [6, 6.07) is 3.45. The Morgan fingerprint density at radius 2 is 1.63 bits per heavy atom. The molecule has 108 valence electrons. The summed E-state index contributed by atoms with van der Waals surface area (Å²) >= 11 is 0. The van der Waals surface area contributed by atoms with E-state index in [9.17, 15) is 8.78 Å². The number of nitrogens with one attached hydrogen (secondary N) is 1. The molecule has 3 N–H and O–H groups in total. The van der Waals surface area contributed by atoms with E-state index in [-0.39, 0.29) is 5.56 Å². The molecule has 0 aliphatic rings. The van der Waals surface area contributed by atoms with Crippen LogP contribution in [0.25, 0.3) is 0 Å². The maximum atomic E-state index is 13.6. The number of benzene rings is 1.